The van der Waals surface area contributed by atoms with Gasteiger partial charge in [-0.2, -0.15) is 0 Å². The van der Waals surface area contributed by atoms with Crippen molar-refractivity contribution >= 4 is 33.8 Å². The van der Waals surface area contributed by atoms with E-state index in [0.717, 1.165) is 10.9 Å². The molecule has 3 aromatic rings. The van der Waals surface area contributed by atoms with Gasteiger partial charge in [0.15, 0.2) is 5.82 Å². The van der Waals surface area contributed by atoms with Crippen LogP contribution in [0, 0.1) is 0 Å². The first-order chi connectivity index (χ1) is 12.8. The summed E-state index contributed by atoms with van der Waals surface area (Å²) in [6, 6.07) is 7.60. The standard InChI is InChI=1S/C19H24N4O4/c1-5-27-10-14-21-15-16(23(14)11-19(2,3)25)12-8-6-7-9-13(12)20-17(15)22-18(24)26-4/h6-9,25H,5,10-11H2,1-4H3,(H,20,22,24). The first-order valence-corrected chi connectivity index (χ1v) is 8.77. The van der Waals surface area contributed by atoms with Crippen LogP contribution in [0.15, 0.2) is 24.3 Å². The highest BCUT2D eigenvalue weighted by Crippen LogP contribution is 2.31. The quantitative estimate of drug-likeness (QED) is 0.690. The van der Waals surface area contributed by atoms with Crippen molar-refractivity contribution in [3.05, 3.63) is 30.1 Å². The first-order valence-electron chi connectivity index (χ1n) is 8.77. The summed E-state index contributed by atoms with van der Waals surface area (Å²) in [6.45, 7) is 6.52. The molecule has 2 aromatic heterocycles. The zero-order valence-electron chi connectivity index (χ0n) is 15.9. The lowest BCUT2D eigenvalue weighted by molar-refractivity contribution is 0.0582. The van der Waals surface area contributed by atoms with E-state index < -0.39 is 11.7 Å². The molecule has 1 amide bonds. The molecule has 0 radical (unpaired) electrons. The fourth-order valence-electron chi connectivity index (χ4n) is 2.98. The summed E-state index contributed by atoms with van der Waals surface area (Å²) in [5, 5.41) is 13.9. The van der Waals surface area contributed by atoms with Crippen molar-refractivity contribution in [2.75, 3.05) is 19.0 Å². The van der Waals surface area contributed by atoms with Crippen LogP contribution < -0.4 is 5.32 Å². The van der Waals surface area contributed by atoms with Crippen LogP contribution in [0.5, 0.6) is 0 Å². The number of anilines is 1. The van der Waals surface area contributed by atoms with Crippen molar-refractivity contribution in [3.8, 4) is 0 Å². The molecule has 8 nitrogen and oxygen atoms in total. The van der Waals surface area contributed by atoms with Gasteiger partial charge in [0.05, 0.1) is 30.3 Å². The van der Waals surface area contributed by atoms with Crippen molar-refractivity contribution in [3.63, 3.8) is 0 Å². The van der Waals surface area contributed by atoms with Crippen LogP contribution in [0.2, 0.25) is 0 Å². The molecule has 0 aliphatic rings. The maximum atomic E-state index is 11.8. The predicted molar refractivity (Wildman–Crippen MR) is 103 cm³/mol. The first kappa shape index (κ1) is 19.1. The second-order valence-electron chi connectivity index (χ2n) is 6.86. The van der Waals surface area contributed by atoms with Gasteiger partial charge >= 0.3 is 6.09 Å². The van der Waals surface area contributed by atoms with Gasteiger partial charge < -0.3 is 19.1 Å². The summed E-state index contributed by atoms with van der Waals surface area (Å²) in [5.74, 6) is 0.961. The summed E-state index contributed by atoms with van der Waals surface area (Å²) in [7, 11) is 1.29. The number of nitrogens with zero attached hydrogens (tertiary/aromatic N) is 3. The molecule has 1 aromatic carbocycles. The Labute approximate surface area is 157 Å². The Morgan fingerprint density at radius 3 is 2.70 bits per heavy atom. The summed E-state index contributed by atoms with van der Waals surface area (Å²) in [6.07, 6.45) is -0.623. The number of pyridine rings is 1. The highest BCUT2D eigenvalue weighted by Gasteiger charge is 2.23. The van der Waals surface area contributed by atoms with Crippen molar-refractivity contribution < 1.29 is 19.4 Å². The number of aromatic nitrogens is 3. The number of hydrogen-bond acceptors (Lipinski definition) is 6. The van der Waals surface area contributed by atoms with E-state index in [1.54, 1.807) is 13.8 Å². The third kappa shape index (κ3) is 4.01. The van der Waals surface area contributed by atoms with Gasteiger partial charge in [-0.15, -0.1) is 0 Å². The Morgan fingerprint density at radius 2 is 2.04 bits per heavy atom. The Kier molecular flexibility index (Phi) is 5.29. The molecular formula is C19H24N4O4. The molecule has 0 aliphatic heterocycles. The molecule has 0 unspecified atom stereocenters. The smallest absolute Gasteiger partial charge is 0.412 e. The Morgan fingerprint density at radius 1 is 1.30 bits per heavy atom. The van der Waals surface area contributed by atoms with E-state index in [0.29, 0.717) is 35.8 Å². The Balaban J connectivity index is 2.32. The molecule has 8 heteroatoms. The number of para-hydroxylation sites is 1. The van der Waals surface area contributed by atoms with Gasteiger partial charge in [0.1, 0.15) is 17.9 Å². The topological polar surface area (TPSA) is 98.5 Å². The number of aliphatic hydroxyl groups is 1. The zero-order valence-corrected chi connectivity index (χ0v) is 15.9. The van der Waals surface area contributed by atoms with Crippen LogP contribution in [-0.4, -0.2) is 45.1 Å². The molecule has 0 bridgehead atoms. The molecule has 0 saturated heterocycles. The van der Waals surface area contributed by atoms with E-state index >= 15 is 0 Å². The maximum Gasteiger partial charge on any atom is 0.412 e. The average molecular weight is 372 g/mol. The lowest BCUT2D eigenvalue weighted by Gasteiger charge is -2.20. The molecule has 0 saturated carbocycles. The third-order valence-corrected chi connectivity index (χ3v) is 4.05. The highest BCUT2D eigenvalue weighted by atomic mass is 16.5. The largest absolute Gasteiger partial charge is 0.453 e. The number of ether oxygens (including phenoxy) is 2. The van der Waals surface area contributed by atoms with E-state index in [1.807, 2.05) is 35.8 Å². The van der Waals surface area contributed by atoms with Crippen LogP contribution in [0.25, 0.3) is 21.9 Å². The number of rotatable bonds is 6. The summed E-state index contributed by atoms with van der Waals surface area (Å²) < 4.78 is 12.2. The van der Waals surface area contributed by atoms with Gasteiger partial charge in [-0.3, -0.25) is 5.32 Å². The summed E-state index contributed by atoms with van der Waals surface area (Å²) >= 11 is 0. The number of methoxy groups -OCH3 is 1. The average Bonchev–Trinajstić information content (AvgIpc) is 2.97. The fourth-order valence-corrected chi connectivity index (χ4v) is 2.98. The van der Waals surface area contributed by atoms with Crippen LogP contribution in [0.3, 0.4) is 0 Å². The van der Waals surface area contributed by atoms with Crippen molar-refractivity contribution in [1.29, 1.82) is 0 Å². The van der Waals surface area contributed by atoms with Gasteiger partial charge in [-0.25, -0.2) is 14.8 Å². The number of imidazole rings is 1. The third-order valence-electron chi connectivity index (χ3n) is 4.05. The van der Waals surface area contributed by atoms with Gasteiger partial charge in [0, 0.05) is 12.0 Å². The molecule has 0 spiro atoms. The van der Waals surface area contributed by atoms with E-state index in [-0.39, 0.29) is 6.61 Å². The van der Waals surface area contributed by atoms with E-state index in [4.69, 9.17) is 9.47 Å². The number of fused-ring (bicyclic) bond motifs is 3. The summed E-state index contributed by atoms with van der Waals surface area (Å²) in [5.41, 5.74) is 1.05. The Hall–Kier alpha value is -2.71. The predicted octanol–water partition coefficient (Wildman–Crippen LogP) is 3.07. The molecule has 0 atom stereocenters. The van der Waals surface area contributed by atoms with Crippen molar-refractivity contribution in [2.24, 2.45) is 0 Å². The van der Waals surface area contributed by atoms with Crippen molar-refractivity contribution in [2.45, 2.75) is 39.5 Å². The molecular weight excluding hydrogens is 348 g/mol. The van der Waals surface area contributed by atoms with E-state index in [9.17, 15) is 9.90 Å². The molecule has 27 heavy (non-hydrogen) atoms. The van der Waals surface area contributed by atoms with Crippen LogP contribution in [0.1, 0.15) is 26.6 Å². The molecule has 0 fully saturated rings. The van der Waals surface area contributed by atoms with Gasteiger partial charge in [0.2, 0.25) is 0 Å². The molecule has 144 valence electrons. The Bertz CT molecular complexity index is 975. The molecule has 0 aliphatic carbocycles. The number of carbonyl (C=O) groups is 1. The van der Waals surface area contributed by atoms with Gasteiger partial charge in [0.25, 0.3) is 0 Å². The SMILES string of the molecule is CCOCc1nc2c(NC(=O)OC)nc3ccccc3c2n1CC(C)(C)O. The number of amides is 1. The zero-order chi connectivity index (χ0) is 19.6. The molecule has 3 rings (SSSR count). The number of nitrogens with one attached hydrogen (secondary N) is 1. The number of hydrogen-bond donors (Lipinski definition) is 2. The van der Waals surface area contributed by atoms with Crippen LogP contribution in [-0.2, 0) is 22.6 Å². The minimum absolute atomic E-state index is 0.285. The lowest BCUT2D eigenvalue weighted by atomic mass is 10.1. The fraction of sp³-hybridized carbons (Fsp3) is 0.421. The molecule has 2 heterocycles. The monoisotopic (exact) mass is 372 g/mol. The molecule has 2 N–H and O–H groups in total. The van der Waals surface area contributed by atoms with Crippen LogP contribution in [0.4, 0.5) is 10.6 Å². The van der Waals surface area contributed by atoms with Crippen molar-refractivity contribution in [1.82, 2.24) is 14.5 Å². The van der Waals surface area contributed by atoms with Gasteiger partial charge in [-0.1, -0.05) is 18.2 Å². The lowest BCUT2D eigenvalue weighted by Crippen LogP contribution is -2.27. The highest BCUT2D eigenvalue weighted by molar-refractivity contribution is 6.09. The van der Waals surface area contributed by atoms with Crippen LogP contribution >= 0.6 is 0 Å². The summed E-state index contributed by atoms with van der Waals surface area (Å²) in [4.78, 5) is 21.0. The maximum absolute atomic E-state index is 11.8. The second-order valence-corrected chi connectivity index (χ2v) is 6.86. The number of carbonyl (C=O) groups excluding carboxylic acids is 1. The second kappa shape index (κ2) is 7.50. The minimum Gasteiger partial charge on any atom is -0.453 e. The number of benzene rings is 1. The normalized spacial score (nSPS) is 11.9. The van der Waals surface area contributed by atoms with E-state index in [1.165, 1.54) is 7.11 Å². The van der Waals surface area contributed by atoms with Gasteiger partial charge in [-0.05, 0) is 26.8 Å². The minimum atomic E-state index is -0.963. The van der Waals surface area contributed by atoms with E-state index in [2.05, 4.69) is 15.3 Å².